The first-order valence-corrected chi connectivity index (χ1v) is 9.25. The van der Waals surface area contributed by atoms with Crippen molar-refractivity contribution >= 4 is 11.3 Å². The molecule has 1 N–H and O–H groups in total. The van der Waals surface area contributed by atoms with Crippen molar-refractivity contribution in [3.05, 3.63) is 15.6 Å². The van der Waals surface area contributed by atoms with E-state index < -0.39 is 0 Å². The van der Waals surface area contributed by atoms with Crippen LogP contribution in [0.3, 0.4) is 0 Å². The molecule has 1 heterocycles. The smallest absolute Gasteiger partial charge is 0.0933 e. The first-order valence-electron chi connectivity index (χ1n) is 8.43. The number of hydrogen-bond acceptors (Lipinski definition) is 3. The summed E-state index contributed by atoms with van der Waals surface area (Å²) in [7, 11) is 0. The number of nitrogens with one attached hydrogen (secondary N) is 1. The number of rotatable bonds is 5. The molecule has 21 heavy (non-hydrogen) atoms. The van der Waals surface area contributed by atoms with Gasteiger partial charge in [0.2, 0.25) is 0 Å². The van der Waals surface area contributed by atoms with Crippen LogP contribution in [0, 0.1) is 31.1 Å². The molecule has 2 nitrogen and oxygen atoms in total. The molecule has 1 fully saturated rings. The summed E-state index contributed by atoms with van der Waals surface area (Å²) in [6.45, 7) is 14.9. The molecule has 1 aliphatic rings. The summed E-state index contributed by atoms with van der Waals surface area (Å²) in [5, 5.41) is 5.01. The molecular formula is C18H32N2S. The van der Waals surface area contributed by atoms with Crippen molar-refractivity contribution in [2.24, 2.45) is 17.3 Å². The molecule has 0 aliphatic heterocycles. The Morgan fingerprint density at radius 2 is 2.00 bits per heavy atom. The highest BCUT2D eigenvalue weighted by atomic mass is 32.1. The number of hydrogen-bond donors (Lipinski definition) is 1. The van der Waals surface area contributed by atoms with Gasteiger partial charge in [-0.1, -0.05) is 27.7 Å². The van der Waals surface area contributed by atoms with Gasteiger partial charge in [0.1, 0.15) is 0 Å². The number of thiazole rings is 1. The number of aryl methyl sites for hydroxylation is 2. The molecule has 0 aromatic carbocycles. The molecule has 1 aromatic heterocycles. The molecule has 0 spiro atoms. The van der Waals surface area contributed by atoms with E-state index in [-0.39, 0.29) is 0 Å². The number of nitrogens with zero attached hydrogens (tertiary/aromatic N) is 1. The predicted octanol–water partition coefficient (Wildman–Crippen LogP) is 4.74. The largest absolute Gasteiger partial charge is 0.314 e. The SMILES string of the molecule is Cc1nc(CC2CC(C)(C)CCC2CNC(C)C)sc1C. The van der Waals surface area contributed by atoms with Crippen LogP contribution >= 0.6 is 11.3 Å². The van der Waals surface area contributed by atoms with Crippen LogP contribution in [0.1, 0.15) is 62.5 Å². The summed E-state index contributed by atoms with van der Waals surface area (Å²) in [5.74, 6) is 1.59. The van der Waals surface area contributed by atoms with Gasteiger partial charge in [-0.05, 0) is 56.9 Å². The van der Waals surface area contributed by atoms with E-state index in [9.17, 15) is 0 Å². The van der Waals surface area contributed by atoms with Crippen molar-refractivity contribution in [2.45, 2.75) is 73.3 Å². The van der Waals surface area contributed by atoms with Gasteiger partial charge in [0.05, 0.1) is 10.7 Å². The second kappa shape index (κ2) is 6.78. The molecule has 0 bridgehead atoms. The maximum Gasteiger partial charge on any atom is 0.0933 e. The summed E-state index contributed by atoms with van der Waals surface area (Å²) in [4.78, 5) is 6.17. The third-order valence-corrected chi connectivity index (χ3v) is 6.07. The van der Waals surface area contributed by atoms with Crippen LogP contribution in [-0.2, 0) is 6.42 Å². The lowest BCUT2D eigenvalue weighted by Gasteiger charge is -2.41. The fourth-order valence-electron chi connectivity index (χ4n) is 3.54. The lowest BCUT2D eigenvalue weighted by Crippen LogP contribution is -2.38. The summed E-state index contributed by atoms with van der Waals surface area (Å²) < 4.78 is 0. The minimum Gasteiger partial charge on any atom is -0.314 e. The quantitative estimate of drug-likeness (QED) is 0.849. The molecule has 1 aromatic rings. The fourth-order valence-corrected chi connectivity index (χ4v) is 4.56. The van der Waals surface area contributed by atoms with E-state index in [1.807, 2.05) is 11.3 Å². The average Bonchev–Trinajstić information content (AvgIpc) is 2.66. The van der Waals surface area contributed by atoms with Crippen LogP contribution in [0.2, 0.25) is 0 Å². The summed E-state index contributed by atoms with van der Waals surface area (Å²) >= 11 is 1.90. The van der Waals surface area contributed by atoms with E-state index in [4.69, 9.17) is 4.98 Å². The van der Waals surface area contributed by atoms with Gasteiger partial charge >= 0.3 is 0 Å². The van der Waals surface area contributed by atoms with Crippen LogP contribution in [0.15, 0.2) is 0 Å². The van der Waals surface area contributed by atoms with Crippen LogP contribution in [0.5, 0.6) is 0 Å². The van der Waals surface area contributed by atoms with Crippen LogP contribution in [0.25, 0.3) is 0 Å². The maximum absolute atomic E-state index is 4.78. The van der Waals surface area contributed by atoms with Gasteiger partial charge in [-0.2, -0.15) is 0 Å². The lowest BCUT2D eigenvalue weighted by molar-refractivity contribution is 0.114. The van der Waals surface area contributed by atoms with Gasteiger partial charge in [0.25, 0.3) is 0 Å². The zero-order valence-corrected chi connectivity index (χ0v) is 15.4. The van der Waals surface area contributed by atoms with Gasteiger partial charge in [0, 0.05) is 17.3 Å². The van der Waals surface area contributed by atoms with Gasteiger partial charge < -0.3 is 5.32 Å². The van der Waals surface area contributed by atoms with E-state index in [2.05, 4.69) is 46.9 Å². The Morgan fingerprint density at radius 1 is 1.29 bits per heavy atom. The van der Waals surface area contributed by atoms with Crippen molar-refractivity contribution < 1.29 is 0 Å². The Bertz CT molecular complexity index is 440. The van der Waals surface area contributed by atoms with Crippen molar-refractivity contribution in [2.75, 3.05) is 6.54 Å². The second-order valence-corrected chi connectivity index (χ2v) is 9.23. The van der Waals surface area contributed by atoms with E-state index in [0.717, 1.165) is 11.8 Å². The van der Waals surface area contributed by atoms with Crippen molar-refractivity contribution in [3.63, 3.8) is 0 Å². The monoisotopic (exact) mass is 308 g/mol. The van der Waals surface area contributed by atoms with E-state index in [0.29, 0.717) is 11.5 Å². The molecule has 120 valence electrons. The van der Waals surface area contributed by atoms with E-state index in [1.54, 1.807) is 0 Å². The molecule has 1 aliphatic carbocycles. The zero-order valence-electron chi connectivity index (χ0n) is 14.6. The van der Waals surface area contributed by atoms with E-state index >= 15 is 0 Å². The molecule has 0 saturated heterocycles. The Balaban J connectivity index is 2.05. The summed E-state index contributed by atoms with van der Waals surface area (Å²) in [5.41, 5.74) is 1.72. The first-order chi connectivity index (χ1) is 9.77. The third-order valence-electron chi connectivity index (χ3n) is 4.97. The summed E-state index contributed by atoms with van der Waals surface area (Å²) in [6.07, 6.45) is 5.24. The standard InChI is InChI=1S/C18H32N2S/c1-12(2)19-11-15-7-8-18(5,6)10-16(15)9-17-20-13(3)14(4)21-17/h12,15-16,19H,7-11H2,1-6H3. The second-order valence-electron chi connectivity index (χ2n) is 7.94. The Kier molecular flexibility index (Phi) is 5.48. The summed E-state index contributed by atoms with van der Waals surface area (Å²) in [6, 6.07) is 0.588. The first kappa shape index (κ1) is 17.0. The van der Waals surface area contributed by atoms with Gasteiger partial charge in [-0.3, -0.25) is 0 Å². The fraction of sp³-hybridized carbons (Fsp3) is 0.833. The third kappa shape index (κ3) is 4.79. The maximum atomic E-state index is 4.78. The molecule has 3 heteroatoms. The highest BCUT2D eigenvalue weighted by Gasteiger charge is 2.35. The lowest BCUT2D eigenvalue weighted by atomic mass is 9.66. The normalized spacial score (nSPS) is 25.5. The molecule has 2 atom stereocenters. The van der Waals surface area contributed by atoms with Crippen LogP contribution in [-0.4, -0.2) is 17.6 Å². The Morgan fingerprint density at radius 3 is 2.57 bits per heavy atom. The van der Waals surface area contributed by atoms with Gasteiger partial charge in [-0.25, -0.2) is 4.98 Å². The Labute approximate surface area is 134 Å². The Hall–Kier alpha value is -0.410. The highest BCUT2D eigenvalue weighted by molar-refractivity contribution is 7.11. The molecule has 1 saturated carbocycles. The van der Waals surface area contributed by atoms with Crippen molar-refractivity contribution in [3.8, 4) is 0 Å². The van der Waals surface area contributed by atoms with E-state index in [1.165, 1.54) is 47.8 Å². The molecular weight excluding hydrogens is 276 g/mol. The predicted molar refractivity (Wildman–Crippen MR) is 93.0 cm³/mol. The zero-order chi connectivity index (χ0) is 15.6. The molecule has 2 unspecified atom stereocenters. The van der Waals surface area contributed by atoms with Gasteiger partial charge in [-0.15, -0.1) is 11.3 Å². The minimum absolute atomic E-state index is 0.500. The van der Waals surface area contributed by atoms with Crippen LogP contribution in [0.4, 0.5) is 0 Å². The van der Waals surface area contributed by atoms with Gasteiger partial charge in [0.15, 0.2) is 0 Å². The van der Waals surface area contributed by atoms with Crippen molar-refractivity contribution in [1.29, 1.82) is 0 Å². The van der Waals surface area contributed by atoms with Crippen molar-refractivity contribution in [1.82, 2.24) is 10.3 Å². The molecule has 0 amide bonds. The topological polar surface area (TPSA) is 24.9 Å². The highest BCUT2D eigenvalue weighted by Crippen LogP contribution is 2.43. The number of aromatic nitrogens is 1. The molecule has 2 rings (SSSR count). The molecule has 0 radical (unpaired) electrons. The minimum atomic E-state index is 0.500. The van der Waals surface area contributed by atoms with Crippen LogP contribution < -0.4 is 5.32 Å². The average molecular weight is 309 g/mol.